The van der Waals surface area contributed by atoms with Crippen molar-refractivity contribution in [1.82, 2.24) is 9.80 Å². The lowest BCUT2D eigenvalue weighted by molar-refractivity contribution is -0.122. The molecule has 3 rings (SSSR count). The van der Waals surface area contributed by atoms with Crippen LogP contribution in [-0.4, -0.2) is 59.5 Å². The lowest BCUT2D eigenvalue weighted by Gasteiger charge is -2.43. The lowest BCUT2D eigenvalue weighted by atomic mass is 9.84. The van der Waals surface area contributed by atoms with Crippen LogP contribution >= 0.6 is 0 Å². The highest BCUT2D eigenvalue weighted by Gasteiger charge is 2.30. The van der Waals surface area contributed by atoms with E-state index in [1.165, 1.54) is 25.7 Å². The normalized spacial score (nSPS) is 24.6. The first kappa shape index (κ1) is 18.5. The van der Waals surface area contributed by atoms with E-state index in [9.17, 15) is 4.79 Å². The molecule has 2 fully saturated rings. The molecular formula is C19H28N2O3. The maximum absolute atomic E-state index is 12.5. The predicted molar refractivity (Wildman–Crippen MR) is 94.0 cm³/mol. The zero-order valence-corrected chi connectivity index (χ0v) is 14.4. The number of rotatable bonds is 2. The van der Waals surface area contributed by atoms with E-state index in [4.69, 9.17) is 9.90 Å². The van der Waals surface area contributed by atoms with Gasteiger partial charge in [-0.15, -0.1) is 0 Å². The van der Waals surface area contributed by atoms with Gasteiger partial charge in [0.2, 0.25) is 0 Å². The third kappa shape index (κ3) is 4.81. The fraction of sp³-hybridized carbons (Fsp3) is 0.579. The van der Waals surface area contributed by atoms with Gasteiger partial charge in [-0.1, -0.05) is 38.0 Å². The quantitative estimate of drug-likeness (QED) is 0.846. The van der Waals surface area contributed by atoms with Gasteiger partial charge in [0.25, 0.3) is 12.4 Å². The fourth-order valence-electron chi connectivity index (χ4n) is 3.86. The van der Waals surface area contributed by atoms with Crippen LogP contribution in [0.2, 0.25) is 0 Å². The molecule has 5 heteroatoms. The van der Waals surface area contributed by atoms with Crippen molar-refractivity contribution in [3.8, 4) is 0 Å². The second-order valence-corrected chi connectivity index (χ2v) is 6.63. The van der Waals surface area contributed by atoms with Crippen LogP contribution in [0.15, 0.2) is 30.3 Å². The summed E-state index contributed by atoms with van der Waals surface area (Å²) in [5, 5.41) is 6.89. The van der Waals surface area contributed by atoms with Crippen molar-refractivity contribution in [1.29, 1.82) is 0 Å². The molecule has 0 radical (unpaired) electrons. The van der Waals surface area contributed by atoms with Gasteiger partial charge in [-0.25, -0.2) is 0 Å². The minimum Gasteiger partial charge on any atom is -0.483 e. The smallest absolute Gasteiger partial charge is 0.290 e. The van der Waals surface area contributed by atoms with E-state index in [-0.39, 0.29) is 12.4 Å². The molecule has 1 heterocycles. The predicted octanol–water partition coefficient (Wildman–Crippen LogP) is 2.72. The van der Waals surface area contributed by atoms with E-state index < -0.39 is 0 Å². The maximum Gasteiger partial charge on any atom is 0.290 e. The van der Waals surface area contributed by atoms with Crippen LogP contribution in [0.4, 0.5) is 0 Å². The third-order valence-electron chi connectivity index (χ3n) is 5.16. The van der Waals surface area contributed by atoms with Gasteiger partial charge in [0.15, 0.2) is 0 Å². The standard InChI is InChI=1S/C18H26N2O.CH2O2/c1-15-7-5-6-10-17(15)19-11-13-20(14-12-19)18(21)16-8-3-2-4-9-16;2-1-3/h2-4,8-9,15,17H,5-7,10-14H2,1H3;1H,(H,2,3). The molecule has 2 atom stereocenters. The van der Waals surface area contributed by atoms with Crippen molar-refractivity contribution in [2.24, 2.45) is 5.92 Å². The van der Waals surface area contributed by atoms with Crippen LogP contribution in [0.3, 0.4) is 0 Å². The summed E-state index contributed by atoms with van der Waals surface area (Å²) in [6, 6.07) is 10.4. The van der Waals surface area contributed by atoms with Gasteiger partial charge in [0, 0.05) is 37.8 Å². The monoisotopic (exact) mass is 332 g/mol. The zero-order chi connectivity index (χ0) is 17.4. The molecule has 2 aliphatic rings. The number of hydrogen-bond acceptors (Lipinski definition) is 3. The van der Waals surface area contributed by atoms with Crippen LogP contribution in [0, 0.1) is 5.92 Å². The number of carboxylic acid groups (broad SMARTS) is 1. The van der Waals surface area contributed by atoms with Crippen LogP contribution in [-0.2, 0) is 4.79 Å². The second-order valence-electron chi connectivity index (χ2n) is 6.63. The summed E-state index contributed by atoms with van der Waals surface area (Å²) >= 11 is 0. The summed E-state index contributed by atoms with van der Waals surface area (Å²) in [7, 11) is 0. The van der Waals surface area contributed by atoms with E-state index in [1.807, 2.05) is 35.2 Å². The largest absolute Gasteiger partial charge is 0.483 e. The van der Waals surface area contributed by atoms with E-state index in [2.05, 4.69) is 11.8 Å². The maximum atomic E-state index is 12.5. The molecule has 1 aliphatic carbocycles. The van der Waals surface area contributed by atoms with Crippen molar-refractivity contribution in [3.05, 3.63) is 35.9 Å². The molecule has 5 nitrogen and oxygen atoms in total. The number of benzene rings is 1. The number of amides is 1. The summed E-state index contributed by atoms with van der Waals surface area (Å²) in [6.07, 6.45) is 5.48. The third-order valence-corrected chi connectivity index (χ3v) is 5.16. The molecule has 1 saturated heterocycles. The molecule has 1 amide bonds. The molecule has 1 aliphatic heterocycles. The van der Waals surface area contributed by atoms with Crippen molar-refractivity contribution >= 4 is 12.4 Å². The molecule has 0 bridgehead atoms. The Morgan fingerprint density at radius 1 is 1.08 bits per heavy atom. The van der Waals surface area contributed by atoms with E-state index in [0.29, 0.717) is 0 Å². The SMILES string of the molecule is CC1CCCCC1N1CCN(C(=O)c2ccccc2)CC1.O=CO. The van der Waals surface area contributed by atoms with Gasteiger partial charge in [0.05, 0.1) is 0 Å². The van der Waals surface area contributed by atoms with Crippen molar-refractivity contribution in [2.75, 3.05) is 26.2 Å². The lowest BCUT2D eigenvalue weighted by Crippen LogP contribution is -2.53. The summed E-state index contributed by atoms with van der Waals surface area (Å²) < 4.78 is 0. The molecule has 1 aromatic rings. The topological polar surface area (TPSA) is 60.9 Å². The molecule has 2 unspecified atom stereocenters. The van der Waals surface area contributed by atoms with Gasteiger partial charge in [0.1, 0.15) is 0 Å². The Kier molecular flexibility index (Phi) is 7.25. The Labute approximate surface area is 144 Å². The van der Waals surface area contributed by atoms with Crippen LogP contribution in [0.5, 0.6) is 0 Å². The molecule has 1 N–H and O–H groups in total. The molecule has 1 saturated carbocycles. The minimum atomic E-state index is -0.250. The summed E-state index contributed by atoms with van der Waals surface area (Å²) in [6.45, 7) is 5.96. The summed E-state index contributed by atoms with van der Waals surface area (Å²) in [5.74, 6) is 1.00. The van der Waals surface area contributed by atoms with Gasteiger partial charge in [-0.3, -0.25) is 14.5 Å². The van der Waals surface area contributed by atoms with Gasteiger partial charge in [-0.2, -0.15) is 0 Å². The first-order valence-corrected chi connectivity index (χ1v) is 8.83. The highest BCUT2D eigenvalue weighted by atomic mass is 16.3. The second kappa shape index (κ2) is 9.42. The highest BCUT2D eigenvalue weighted by Crippen LogP contribution is 2.28. The number of carbonyl (C=O) groups is 2. The van der Waals surface area contributed by atoms with Crippen molar-refractivity contribution < 1.29 is 14.7 Å². The Hall–Kier alpha value is -1.88. The van der Waals surface area contributed by atoms with Crippen molar-refractivity contribution in [3.63, 3.8) is 0 Å². The molecule has 132 valence electrons. The van der Waals surface area contributed by atoms with Crippen LogP contribution in [0.1, 0.15) is 43.0 Å². The first-order valence-electron chi connectivity index (χ1n) is 8.83. The zero-order valence-electron chi connectivity index (χ0n) is 14.4. The molecular weight excluding hydrogens is 304 g/mol. The average molecular weight is 332 g/mol. The van der Waals surface area contributed by atoms with Crippen LogP contribution in [0.25, 0.3) is 0 Å². The fourth-order valence-corrected chi connectivity index (χ4v) is 3.86. The summed E-state index contributed by atoms with van der Waals surface area (Å²) in [5.41, 5.74) is 0.817. The molecule has 1 aromatic carbocycles. The number of piperazine rings is 1. The average Bonchev–Trinajstić information content (AvgIpc) is 2.63. The first-order chi connectivity index (χ1) is 11.7. The Morgan fingerprint density at radius 3 is 2.25 bits per heavy atom. The Balaban J connectivity index is 0.000000647. The Bertz CT molecular complexity index is 513. The minimum absolute atomic E-state index is 0.187. The van der Waals surface area contributed by atoms with Gasteiger partial charge >= 0.3 is 0 Å². The van der Waals surface area contributed by atoms with E-state index >= 15 is 0 Å². The number of hydrogen-bond donors (Lipinski definition) is 1. The Morgan fingerprint density at radius 2 is 1.67 bits per heavy atom. The number of carbonyl (C=O) groups excluding carboxylic acids is 1. The van der Waals surface area contributed by atoms with E-state index in [0.717, 1.165) is 43.7 Å². The molecule has 24 heavy (non-hydrogen) atoms. The van der Waals surface area contributed by atoms with Crippen LogP contribution < -0.4 is 0 Å². The summed E-state index contributed by atoms with van der Waals surface area (Å²) in [4.78, 5) is 25.5. The molecule has 0 spiro atoms. The van der Waals surface area contributed by atoms with Crippen molar-refractivity contribution in [2.45, 2.75) is 38.6 Å². The number of nitrogens with zero attached hydrogens (tertiary/aromatic N) is 2. The van der Waals surface area contributed by atoms with Gasteiger partial charge in [-0.05, 0) is 30.9 Å². The van der Waals surface area contributed by atoms with E-state index in [1.54, 1.807) is 0 Å². The molecule has 0 aromatic heterocycles. The highest BCUT2D eigenvalue weighted by molar-refractivity contribution is 5.94. The van der Waals surface area contributed by atoms with Gasteiger partial charge < -0.3 is 10.0 Å².